The fourth-order valence-electron chi connectivity index (χ4n) is 3.92. The first-order valence-corrected chi connectivity index (χ1v) is 10.7. The van der Waals surface area contributed by atoms with Gasteiger partial charge in [0.25, 0.3) is 5.91 Å². The average molecular weight is 370 g/mol. The number of anilines is 1. The van der Waals surface area contributed by atoms with Crippen LogP contribution in [0.5, 0.6) is 0 Å². The Morgan fingerprint density at radius 1 is 1.04 bits per heavy atom. The molecular weight excluding hydrogens is 346 g/mol. The molecule has 1 N–H and O–H groups in total. The van der Waals surface area contributed by atoms with E-state index < -0.39 is 0 Å². The zero-order chi connectivity index (χ0) is 17.6. The normalized spacial score (nSPS) is 16.0. The Hall–Kier alpha value is -1.52. The first kappa shape index (κ1) is 16.9. The van der Waals surface area contributed by atoms with Gasteiger partial charge in [-0.25, -0.2) is 0 Å². The van der Waals surface area contributed by atoms with Gasteiger partial charge in [-0.2, -0.15) is 0 Å². The number of thiophene rings is 1. The Morgan fingerprint density at radius 2 is 1.76 bits per heavy atom. The first-order chi connectivity index (χ1) is 12.0. The minimum absolute atomic E-state index is 0.0251. The number of fused-ring (bicyclic) bond motifs is 3. The Morgan fingerprint density at radius 3 is 2.52 bits per heavy atom. The molecule has 4 heteroatoms. The van der Waals surface area contributed by atoms with E-state index in [-0.39, 0.29) is 5.91 Å². The number of hydrogen-bond acceptors (Lipinski definition) is 3. The molecule has 2 heterocycles. The van der Waals surface area contributed by atoms with Gasteiger partial charge in [0.1, 0.15) is 0 Å². The van der Waals surface area contributed by atoms with E-state index >= 15 is 0 Å². The lowest BCUT2D eigenvalue weighted by Crippen LogP contribution is -2.16. The number of amides is 1. The molecule has 2 aromatic rings. The van der Waals surface area contributed by atoms with Crippen molar-refractivity contribution in [1.29, 1.82) is 0 Å². The second-order valence-electron chi connectivity index (χ2n) is 7.08. The number of aryl methyl sites for hydroxylation is 4. The van der Waals surface area contributed by atoms with Crippen molar-refractivity contribution >= 4 is 40.8 Å². The van der Waals surface area contributed by atoms with Crippen LogP contribution < -0.4 is 5.32 Å². The quantitative estimate of drug-likeness (QED) is 0.727. The molecule has 1 amide bonds. The van der Waals surface area contributed by atoms with Gasteiger partial charge >= 0.3 is 0 Å². The maximum atomic E-state index is 12.8. The number of thioether (sulfide) groups is 1. The standard InChI is InChI=1S/C21H23NOS2/c1-12-8-13(2)20(14(3)9-12)22-21(23)19-10-18-16(11-24-19)15-6-4-5-7-17(15)25-18/h8-10H,4-7,11H2,1-3H3,(H,22,23). The van der Waals surface area contributed by atoms with Crippen LogP contribution in [0.25, 0.3) is 6.08 Å². The highest BCUT2D eigenvalue weighted by molar-refractivity contribution is 8.03. The van der Waals surface area contributed by atoms with E-state index in [1.165, 1.54) is 41.7 Å². The Balaban J connectivity index is 1.60. The second kappa shape index (κ2) is 6.65. The van der Waals surface area contributed by atoms with Crippen LogP contribution >= 0.6 is 23.1 Å². The number of carbonyl (C=O) groups excluding carboxylic acids is 1. The predicted molar refractivity (Wildman–Crippen MR) is 110 cm³/mol. The van der Waals surface area contributed by atoms with Gasteiger partial charge in [-0.1, -0.05) is 17.7 Å². The van der Waals surface area contributed by atoms with Crippen LogP contribution in [0.3, 0.4) is 0 Å². The molecule has 1 aromatic heterocycles. The minimum Gasteiger partial charge on any atom is -0.321 e. The summed E-state index contributed by atoms with van der Waals surface area (Å²) in [6.45, 7) is 6.21. The highest BCUT2D eigenvalue weighted by Gasteiger charge is 2.25. The lowest BCUT2D eigenvalue weighted by atomic mass is 9.95. The van der Waals surface area contributed by atoms with Gasteiger partial charge in [0, 0.05) is 21.2 Å². The van der Waals surface area contributed by atoms with Crippen molar-refractivity contribution in [2.75, 3.05) is 5.32 Å². The SMILES string of the molecule is Cc1cc(C)c(NC(=O)C2=Cc3sc4c(c3CS2)CCCC4)c(C)c1. The Bertz CT molecular complexity index is 869. The number of hydrogen-bond donors (Lipinski definition) is 1. The summed E-state index contributed by atoms with van der Waals surface area (Å²) >= 11 is 3.59. The van der Waals surface area contributed by atoms with Crippen molar-refractivity contribution in [1.82, 2.24) is 0 Å². The highest BCUT2D eigenvalue weighted by Crippen LogP contribution is 2.42. The van der Waals surface area contributed by atoms with Crippen LogP contribution in [0.4, 0.5) is 5.69 Å². The molecule has 0 unspecified atom stereocenters. The number of carbonyl (C=O) groups is 1. The van der Waals surface area contributed by atoms with Crippen molar-refractivity contribution in [3.05, 3.63) is 54.6 Å². The third-order valence-corrected chi connectivity index (χ3v) is 7.41. The van der Waals surface area contributed by atoms with Crippen molar-refractivity contribution in [3.8, 4) is 0 Å². The third kappa shape index (κ3) is 3.18. The summed E-state index contributed by atoms with van der Waals surface area (Å²) in [4.78, 5) is 16.5. The van der Waals surface area contributed by atoms with Gasteiger partial charge in [0.2, 0.25) is 0 Å². The lowest BCUT2D eigenvalue weighted by molar-refractivity contribution is -0.112. The minimum atomic E-state index is 0.0251. The van der Waals surface area contributed by atoms with Gasteiger partial charge in [0.05, 0.1) is 4.91 Å². The van der Waals surface area contributed by atoms with Crippen molar-refractivity contribution in [3.63, 3.8) is 0 Å². The molecular formula is C21H23NOS2. The number of rotatable bonds is 2. The molecule has 130 valence electrons. The molecule has 2 aliphatic rings. The lowest BCUT2D eigenvalue weighted by Gasteiger charge is -2.17. The van der Waals surface area contributed by atoms with Crippen molar-refractivity contribution in [2.24, 2.45) is 0 Å². The van der Waals surface area contributed by atoms with Crippen LogP contribution in [0.2, 0.25) is 0 Å². The smallest absolute Gasteiger partial charge is 0.262 e. The molecule has 25 heavy (non-hydrogen) atoms. The van der Waals surface area contributed by atoms with E-state index in [1.807, 2.05) is 11.3 Å². The van der Waals surface area contributed by atoms with Gasteiger partial charge < -0.3 is 5.32 Å². The number of benzene rings is 1. The van der Waals surface area contributed by atoms with Crippen LogP contribution in [0, 0.1) is 20.8 Å². The van der Waals surface area contributed by atoms with E-state index in [9.17, 15) is 4.79 Å². The largest absolute Gasteiger partial charge is 0.321 e. The molecule has 2 nitrogen and oxygen atoms in total. The molecule has 0 atom stereocenters. The maximum absolute atomic E-state index is 12.8. The van der Waals surface area contributed by atoms with E-state index in [4.69, 9.17) is 0 Å². The molecule has 1 aliphatic heterocycles. The Labute approximate surface area is 157 Å². The molecule has 0 bridgehead atoms. The monoisotopic (exact) mass is 369 g/mol. The topological polar surface area (TPSA) is 29.1 Å². The van der Waals surface area contributed by atoms with Crippen LogP contribution in [0.1, 0.15) is 50.4 Å². The summed E-state index contributed by atoms with van der Waals surface area (Å²) in [5.74, 6) is 0.962. The van der Waals surface area contributed by atoms with Gasteiger partial charge in [-0.15, -0.1) is 23.1 Å². The first-order valence-electron chi connectivity index (χ1n) is 8.90. The van der Waals surface area contributed by atoms with Crippen LogP contribution in [-0.2, 0) is 23.4 Å². The molecule has 0 saturated carbocycles. The highest BCUT2D eigenvalue weighted by atomic mass is 32.2. The molecule has 0 spiro atoms. The Kier molecular flexibility index (Phi) is 4.50. The molecule has 1 aliphatic carbocycles. The fraction of sp³-hybridized carbons (Fsp3) is 0.381. The fourth-order valence-corrected chi connectivity index (χ4v) is 6.46. The predicted octanol–water partition coefficient (Wildman–Crippen LogP) is 5.78. The zero-order valence-electron chi connectivity index (χ0n) is 15.0. The number of nitrogens with one attached hydrogen (secondary N) is 1. The molecule has 4 rings (SSSR count). The second-order valence-corrected chi connectivity index (χ2v) is 9.23. The summed E-state index contributed by atoms with van der Waals surface area (Å²) in [5, 5.41) is 3.14. The van der Waals surface area contributed by atoms with E-state index in [1.54, 1.807) is 22.2 Å². The molecule has 1 aromatic carbocycles. The van der Waals surface area contributed by atoms with Crippen molar-refractivity contribution < 1.29 is 4.79 Å². The van der Waals surface area contributed by atoms with Gasteiger partial charge in [-0.3, -0.25) is 4.79 Å². The summed E-state index contributed by atoms with van der Waals surface area (Å²) in [6, 6.07) is 4.24. The van der Waals surface area contributed by atoms with E-state index in [0.29, 0.717) is 0 Å². The van der Waals surface area contributed by atoms with E-state index in [0.717, 1.165) is 27.5 Å². The van der Waals surface area contributed by atoms with Crippen molar-refractivity contribution in [2.45, 2.75) is 52.2 Å². The summed E-state index contributed by atoms with van der Waals surface area (Å²) in [7, 11) is 0. The molecule has 0 radical (unpaired) electrons. The summed E-state index contributed by atoms with van der Waals surface area (Å²) in [6.07, 6.45) is 7.17. The summed E-state index contributed by atoms with van der Waals surface area (Å²) < 4.78 is 0. The van der Waals surface area contributed by atoms with Gasteiger partial charge in [0.15, 0.2) is 0 Å². The zero-order valence-corrected chi connectivity index (χ0v) is 16.6. The van der Waals surface area contributed by atoms with Crippen LogP contribution in [-0.4, -0.2) is 5.91 Å². The van der Waals surface area contributed by atoms with Crippen LogP contribution in [0.15, 0.2) is 17.0 Å². The van der Waals surface area contributed by atoms with Gasteiger partial charge in [-0.05, 0) is 74.8 Å². The molecule has 0 fully saturated rings. The molecule has 0 saturated heterocycles. The summed E-state index contributed by atoms with van der Waals surface area (Å²) in [5.41, 5.74) is 7.50. The maximum Gasteiger partial charge on any atom is 0.262 e. The average Bonchev–Trinajstić information content (AvgIpc) is 2.95. The van der Waals surface area contributed by atoms with E-state index in [2.05, 4.69) is 44.3 Å². The third-order valence-electron chi connectivity index (χ3n) is 5.09.